The Morgan fingerprint density at radius 1 is 1.55 bits per heavy atom. The summed E-state index contributed by atoms with van der Waals surface area (Å²) >= 11 is 0. The number of hydrogen-bond donors (Lipinski definition) is 3. The van der Waals surface area contributed by atoms with Gasteiger partial charge in [0.1, 0.15) is 6.23 Å². The van der Waals surface area contributed by atoms with Gasteiger partial charge in [-0.15, -0.1) is 0 Å². The first kappa shape index (κ1) is 13.1. The molecular formula is C12H18N6O2. The second-order valence-electron chi connectivity index (χ2n) is 5.05. The minimum Gasteiger partial charge on any atom is -0.394 e. The highest BCUT2D eigenvalue weighted by Gasteiger charge is 2.34. The standard InChI is InChI=1S/C12H18N6O2/c1-6-3-7(4-19)20-11(6)18-5-15-8-9(14-2)16-12(13)17-10(8)18/h5-7,11,19H,3-4H2,1-2H3,(H3,13,14,16,17). The van der Waals surface area contributed by atoms with Crippen LogP contribution in [0, 0.1) is 5.92 Å². The van der Waals surface area contributed by atoms with Gasteiger partial charge in [0.2, 0.25) is 5.95 Å². The van der Waals surface area contributed by atoms with E-state index in [1.807, 2.05) is 4.57 Å². The van der Waals surface area contributed by atoms with Crippen molar-refractivity contribution in [2.24, 2.45) is 5.92 Å². The molecule has 8 heteroatoms. The smallest absolute Gasteiger partial charge is 0.224 e. The molecule has 4 N–H and O–H groups in total. The summed E-state index contributed by atoms with van der Waals surface area (Å²) in [5.74, 6) is 1.04. The van der Waals surface area contributed by atoms with Crippen molar-refractivity contribution in [2.45, 2.75) is 25.7 Å². The molecule has 0 amide bonds. The number of aliphatic hydroxyl groups excluding tert-OH is 1. The first-order valence-electron chi connectivity index (χ1n) is 6.58. The molecule has 108 valence electrons. The lowest BCUT2D eigenvalue weighted by molar-refractivity contribution is -0.0294. The lowest BCUT2D eigenvalue weighted by atomic mass is 10.1. The summed E-state index contributed by atoms with van der Waals surface area (Å²) in [7, 11) is 1.76. The van der Waals surface area contributed by atoms with Crippen molar-refractivity contribution in [3.8, 4) is 0 Å². The van der Waals surface area contributed by atoms with Crippen molar-refractivity contribution >= 4 is 22.9 Å². The fourth-order valence-corrected chi connectivity index (χ4v) is 2.67. The van der Waals surface area contributed by atoms with Gasteiger partial charge in [-0.05, 0) is 6.42 Å². The van der Waals surface area contributed by atoms with Crippen LogP contribution in [0.25, 0.3) is 11.2 Å². The van der Waals surface area contributed by atoms with Gasteiger partial charge in [-0.1, -0.05) is 6.92 Å². The fraction of sp³-hybridized carbons (Fsp3) is 0.583. The van der Waals surface area contributed by atoms with E-state index in [0.717, 1.165) is 6.42 Å². The van der Waals surface area contributed by atoms with E-state index in [2.05, 4.69) is 27.2 Å². The van der Waals surface area contributed by atoms with Gasteiger partial charge in [-0.25, -0.2) is 4.98 Å². The normalized spacial score (nSPS) is 26.2. The Kier molecular flexibility index (Phi) is 3.19. The van der Waals surface area contributed by atoms with E-state index in [-0.39, 0.29) is 30.8 Å². The molecule has 1 saturated heterocycles. The third-order valence-corrected chi connectivity index (χ3v) is 3.61. The lowest BCUT2D eigenvalue weighted by Gasteiger charge is -2.17. The SMILES string of the molecule is CNc1nc(N)nc2c1ncn2C1OC(CO)CC1C. The van der Waals surface area contributed by atoms with E-state index in [9.17, 15) is 5.11 Å². The molecule has 3 unspecified atom stereocenters. The van der Waals surface area contributed by atoms with Crippen LogP contribution in [0.15, 0.2) is 6.33 Å². The van der Waals surface area contributed by atoms with Gasteiger partial charge in [0.15, 0.2) is 17.0 Å². The number of ether oxygens (including phenoxy) is 1. The number of nitrogens with zero attached hydrogens (tertiary/aromatic N) is 4. The van der Waals surface area contributed by atoms with Gasteiger partial charge in [-0.2, -0.15) is 9.97 Å². The van der Waals surface area contributed by atoms with Crippen LogP contribution < -0.4 is 11.1 Å². The van der Waals surface area contributed by atoms with E-state index in [0.29, 0.717) is 17.0 Å². The van der Waals surface area contributed by atoms with Crippen LogP contribution in [0.5, 0.6) is 0 Å². The molecular weight excluding hydrogens is 260 g/mol. The molecule has 2 aromatic heterocycles. The zero-order valence-electron chi connectivity index (χ0n) is 11.4. The van der Waals surface area contributed by atoms with Crippen LogP contribution in [0.2, 0.25) is 0 Å². The maximum atomic E-state index is 9.23. The minimum absolute atomic E-state index is 0.0202. The highest BCUT2D eigenvalue weighted by atomic mass is 16.5. The van der Waals surface area contributed by atoms with Gasteiger partial charge in [0.05, 0.1) is 19.0 Å². The average Bonchev–Trinajstić information content (AvgIpc) is 3.00. The largest absolute Gasteiger partial charge is 0.394 e. The van der Waals surface area contributed by atoms with Crippen molar-refractivity contribution in [1.29, 1.82) is 0 Å². The third kappa shape index (κ3) is 1.97. The Hall–Kier alpha value is -1.93. The summed E-state index contributed by atoms with van der Waals surface area (Å²) in [6.45, 7) is 2.10. The van der Waals surface area contributed by atoms with Crippen LogP contribution in [0.4, 0.5) is 11.8 Å². The number of rotatable bonds is 3. The van der Waals surface area contributed by atoms with Gasteiger partial charge in [0, 0.05) is 13.0 Å². The molecule has 2 aromatic rings. The van der Waals surface area contributed by atoms with Crippen LogP contribution in [-0.2, 0) is 4.74 Å². The summed E-state index contributed by atoms with van der Waals surface area (Å²) in [6.07, 6.45) is 2.15. The number of hydrogen-bond acceptors (Lipinski definition) is 7. The zero-order valence-corrected chi connectivity index (χ0v) is 11.4. The number of imidazole rings is 1. The maximum Gasteiger partial charge on any atom is 0.224 e. The molecule has 0 spiro atoms. The molecule has 3 atom stereocenters. The lowest BCUT2D eigenvalue weighted by Crippen LogP contribution is -2.15. The number of nitrogens with one attached hydrogen (secondary N) is 1. The molecule has 0 aromatic carbocycles. The molecule has 1 fully saturated rings. The minimum atomic E-state index is -0.198. The number of nitrogen functional groups attached to an aromatic ring is 1. The number of fused-ring (bicyclic) bond motifs is 1. The van der Waals surface area contributed by atoms with Crippen LogP contribution >= 0.6 is 0 Å². The molecule has 3 rings (SSSR count). The Labute approximate surface area is 116 Å². The number of aromatic nitrogens is 4. The predicted octanol–water partition coefficient (Wildman–Crippen LogP) is 0.366. The molecule has 0 aliphatic carbocycles. The second kappa shape index (κ2) is 4.88. The van der Waals surface area contributed by atoms with Crippen molar-refractivity contribution in [3.63, 3.8) is 0 Å². The summed E-state index contributed by atoms with van der Waals surface area (Å²) in [5, 5.41) is 12.2. The van der Waals surface area contributed by atoms with Gasteiger partial charge >= 0.3 is 0 Å². The molecule has 0 bridgehead atoms. The maximum absolute atomic E-state index is 9.23. The molecule has 20 heavy (non-hydrogen) atoms. The van der Waals surface area contributed by atoms with Crippen molar-refractivity contribution in [1.82, 2.24) is 19.5 Å². The van der Waals surface area contributed by atoms with Crippen LogP contribution in [0.3, 0.4) is 0 Å². The Balaban J connectivity index is 2.07. The van der Waals surface area contributed by atoms with E-state index < -0.39 is 0 Å². The summed E-state index contributed by atoms with van der Waals surface area (Å²) in [4.78, 5) is 12.7. The van der Waals surface area contributed by atoms with Gasteiger partial charge < -0.3 is 20.9 Å². The summed E-state index contributed by atoms with van der Waals surface area (Å²) < 4.78 is 7.70. The number of aliphatic hydroxyl groups is 1. The predicted molar refractivity (Wildman–Crippen MR) is 74.1 cm³/mol. The fourth-order valence-electron chi connectivity index (χ4n) is 2.67. The first-order valence-corrected chi connectivity index (χ1v) is 6.58. The zero-order chi connectivity index (χ0) is 14.3. The Morgan fingerprint density at radius 2 is 2.35 bits per heavy atom. The van der Waals surface area contributed by atoms with Crippen molar-refractivity contribution in [3.05, 3.63) is 6.33 Å². The van der Waals surface area contributed by atoms with E-state index in [1.165, 1.54) is 0 Å². The van der Waals surface area contributed by atoms with Crippen LogP contribution in [-0.4, -0.2) is 44.4 Å². The van der Waals surface area contributed by atoms with Crippen molar-refractivity contribution in [2.75, 3.05) is 24.7 Å². The topological polar surface area (TPSA) is 111 Å². The number of anilines is 2. The van der Waals surface area contributed by atoms with Gasteiger partial charge in [0.25, 0.3) is 0 Å². The quantitative estimate of drug-likeness (QED) is 0.743. The van der Waals surface area contributed by atoms with E-state index in [1.54, 1.807) is 13.4 Å². The Bertz CT molecular complexity index is 628. The molecule has 3 heterocycles. The first-order chi connectivity index (χ1) is 9.63. The number of nitrogens with two attached hydrogens (primary N) is 1. The highest BCUT2D eigenvalue weighted by molar-refractivity contribution is 5.84. The van der Waals surface area contributed by atoms with Crippen LogP contribution in [0.1, 0.15) is 19.6 Å². The second-order valence-corrected chi connectivity index (χ2v) is 5.05. The molecule has 1 aliphatic heterocycles. The molecule has 0 saturated carbocycles. The summed E-state index contributed by atoms with van der Waals surface area (Å²) in [5.41, 5.74) is 7.02. The highest BCUT2D eigenvalue weighted by Crippen LogP contribution is 2.36. The monoisotopic (exact) mass is 278 g/mol. The average molecular weight is 278 g/mol. The summed E-state index contributed by atoms with van der Waals surface area (Å²) in [6, 6.07) is 0. The molecule has 1 aliphatic rings. The van der Waals surface area contributed by atoms with Crippen molar-refractivity contribution < 1.29 is 9.84 Å². The van der Waals surface area contributed by atoms with E-state index in [4.69, 9.17) is 10.5 Å². The van der Waals surface area contributed by atoms with Gasteiger partial charge in [-0.3, -0.25) is 4.57 Å². The molecule has 0 radical (unpaired) electrons. The van der Waals surface area contributed by atoms with E-state index >= 15 is 0 Å². The molecule has 8 nitrogen and oxygen atoms in total. The third-order valence-electron chi connectivity index (χ3n) is 3.61. The Morgan fingerprint density at radius 3 is 3.00 bits per heavy atom.